The Labute approximate surface area is 94.5 Å². The molecule has 1 saturated carbocycles. The Morgan fingerprint density at radius 1 is 1.43 bits per heavy atom. The van der Waals surface area contributed by atoms with Gasteiger partial charge in [0.1, 0.15) is 0 Å². The second-order valence-corrected chi connectivity index (χ2v) is 5.26. The lowest BCUT2D eigenvalue weighted by molar-refractivity contribution is 0.317. The van der Waals surface area contributed by atoms with Gasteiger partial charge in [-0.25, -0.2) is 4.98 Å². The number of nitrogens with zero attached hydrogens (tertiary/aromatic N) is 1. The minimum atomic E-state index is 0.511. The van der Waals surface area contributed by atoms with Gasteiger partial charge in [0.2, 0.25) is 0 Å². The van der Waals surface area contributed by atoms with E-state index in [0.717, 1.165) is 11.8 Å². The maximum Gasteiger partial charge on any atom is 0.0970 e. The third-order valence-electron chi connectivity index (χ3n) is 3.15. The summed E-state index contributed by atoms with van der Waals surface area (Å²) in [5.41, 5.74) is 0. The van der Waals surface area contributed by atoms with Crippen molar-refractivity contribution in [1.82, 2.24) is 4.98 Å². The highest BCUT2D eigenvalue weighted by Crippen LogP contribution is 2.37. The molecule has 1 aromatic rings. The van der Waals surface area contributed by atoms with Crippen molar-refractivity contribution < 1.29 is 0 Å². The summed E-state index contributed by atoms with van der Waals surface area (Å²) in [6.07, 6.45) is 8.74. The van der Waals surface area contributed by atoms with Gasteiger partial charge >= 0.3 is 0 Å². The van der Waals surface area contributed by atoms with Crippen LogP contribution in [0.2, 0.25) is 0 Å². The van der Waals surface area contributed by atoms with E-state index >= 15 is 0 Å². The Balaban J connectivity index is 2.04. The van der Waals surface area contributed by atoms with E-state index in [2.05, 4.69) is 10.4 Å². The van der Waals surface area contributed by atoms with Gasteiger partial charge in [0.15, 0.2) is 0 Å². The van der Waals surface area contributed by atoms with Crippen molar-refractivity contribution in [2.45, 2.75) is 38.0 Å². The molecule has 14 heavy (non-hydrogen) atoms. The van der Waals surface area contributed by atoms with Crippen LogP contribution in [0.5, 0.6) is 0 Å². The van der Waals surface area contributed by atoms with Crippen LogP contribution in [0, 0.1) is 5.92 Å². The third kappa shape index (κ3) is 2.29. The molecule has 0 aliphatic heterocycles. The number of hydrogen-bond donors (Lipinski definition) is 0. The van der Waals surface area contributed by atoms with Crippen LogP contribution in [0.1, 0.15) is 43.0 Å². The van der Waals surface area contributed by atoms with Crippen molar-refractivity contribution >= 4 is 22.9 Å². The van der Waals surface area contributed by atoms with E-state index in [0.29, 0.717) is 5.92 Å². The van der Waals surface area contributed by atoms with Crippen LogP contribution in [-0.2, 0) is 0 Å². The van der Waals surface area contributed by atoms with E-state index in [1.54, 1.807) is 11.3 Å². The molecule has 1 aliphatic carbocycles. The van der Waals surface area contributed by atoms with Crippen molar-refractivity contribution in [2.24, 2.45) is 5.92 Å². The Hall–Kier alpha value is -0.0800. The second kappa shape index (κ2) is 5.13. The molecule has 0 radical (unpaired) electrons. The molecule has 1 aromatic heterocycles. The maximum absolute atomic E-state index is 6.06. The van der Waals surface area contributed by atoms with Gasteiger partial charge < -0.3 is 0 Å². The molecule has 0 bridgehead atoms. The average molecular weight is 230 g/mol. The van der Waals surface area contributed by atoms with Gasteiger partial charge in [-0.15, -0.1) is 22.9 Å². The molecule has 1 fully saturated rings. The summed E-state index contributed by atoms with van der Waals surface area (Å²) in [6, 6.07) is 0. The zero-order valence-electron chi connectivity index (χ0n) is 8.29. The molecular formula is C11H16ClNS. The van der Waals surface area contributed by atoms with E-state index in [1.165, 1.54) is 37.1 Å². The summed E-state index contributed by atoms with van der Waals surface area (Å²) >= 11 is 7.81. The molecule has 1 atom stereocenters. The fourth-order valence-corrected chi connectivity index (χ4v) is 3.67. The van der Waals surface area contributed by atoms with E-state index < -0.39 is 0 Å². The van der Waals surface area contributed by atoms with Crippen LogP contribution in [0.3, 0.4) is 0 Å². The van der Waals surface area contributed by atoms with Crippen LogP contribution < -0.4 is 0 Å². The largest absolute Gasteiger partial charge is 0.249 e. The number of halogens is 1. The zero-order valence-corrected chi connectivity index (χ0v) is 9.86. The Morgan fingerprint density at radius 2 is 2.21 bits per heavy atom. The Kier molecular flexibility index (Phi) is 3.82. The molecule has 0 saturated heterocycles. The molecule has 78 valence electrons. The highest BCUT2D eigenvalue weighted by atomic mass is 35.5. The first-order chi connectivity index (χ1) is 6.92. The molecule has 3 heteroatoms. The smallest absolute Gasteiger partial charge is 0.0970 e. The van der Waals surface area contributed by atoms with Crippen molar-refractivity contribution in [1.29, 1.82) is 0 Å². The van der Waals surface area contributed by atoms with Crippen LogP contribution in [0.4, 0.5) is 0 Å². The maximum atomic E-state index is 6.06. The Morgan fingerprint density at radius 3 is 2.79 bits per heavy atom. The predicted octanol–water partition coefficient (Wildman–Crippen LogP) is 4.05. The second-order valence-electron chi connectivity index (χ2n) is 4.03. The minimum absolute atomic E-state index is 0.511. The highest BCUT2D eigenvalue weighted by Gasteiger charge is 2.25. The molecule has 1 unspecified atom stereocenters. The fraction of sp³-hybridized carbons (Fsp3) is 0.727. The van der Waals surface area contributed by atoms with Crippen molar-refractivity contribution in [3.8, 4) is 0 Å². The SMILES string of the molecule is ClCC(c1nccs1)C1CCCCC1. The first kappa shape index (κ1) is 10.4. The number of hydrogen-bond acceptors (Lipinski definition) is 2. The normalized spacial score (nSPS) is 20.9. The standard InChI is InChI=1S/C11H16ClNS/c12-8-10(11-13-6-7-14-11)9-4-2-1-3-5-9/h6-7,9-10H,1-5,8H2. The van der Waals surface area contributed by atoms with E-state index in [4.69, 9.17) is 11.6 Å². The molecule has 0 spiro atoms. The first-order valence-corrected chi connectivity index (χ1v) is 6.78. The van der Waals surface area contributed by atoms with Gasteiger partial charge in [0, 0.05) is 23.4 Å². The van der Waals surface area contributed by atoms with Crippen LogP contribution in [0.15, 0.2) is 11.6 Å². The molecule has 0 amide bonds. The van der Waals surface area contributed by atoms with Crippen molar-refractivity contribution in [2.75, 3.05) is 5.88 Å². The minimum Gasteiger partial charge on any atom is -0.249 e. The number of thiazole rings is 1. The van der Waals surface area contributed by atoms with Crippen LogP contribution >= 0.6 is 22.9 Å². The number of aromatic nitrogens is 1. The first-order valence-electron chi connectivity index (χ1n) is 5.37. The summed E-state index contributed by atoms with van der Waals surface area (Å²) in [4.78, 5) is 4.40. The third-order valence-corrected chi connectivity index (χ3v) is 4.39. The number of alkyl halides is 1. The van der Waals surface area contributed by atoms with Crippen molar-refractivity contribution in [3.05, 3.63) is 16.6 Å². The van der Waals surface area contributed by atoms with Gasteiger partial charge in [-0.3, -0.25) is 0 Å². The topological polar surface area (TPSA) is 12.9 Å². The summed E-state index contributed by atoms with van der Waals surface area (Å²) in [5, 5.41) is 3.30. The molecule has 1 aliphatic rings. The molecular weight excluding hydrogens is 214 g/mol. The van der Waals surface area contributed by atoms with E-state index in [-0.39, 0.29) is 0 Å². The lowest BCUT2D eigenvalue weighted by atomic mass is 9.81. The lowest BCUT2D eigenvalue weighted by Gasteiger charge is -2.27. The molecule has 0 aromatic carbocycles. The highest BCUT2D eigenvalue weighted by molar-refractivity contribution is 7.09. The van der Waals surface area contributed by atoms with E-state index in [1.807, 2.05) is 6.20 Å². The fourth-order valence-electron chi connectivity index (χ4n) is 2.35. The summed E-state index contributed by atoms with van der Waals surface area (Å²) in [5.74, 6) is 2.03. The van der Waals surface area contributed by atoms with Gasteiger partial charge in [-0.2, -0.15) is 0 Å². The summed E-state index contributed by atoms with van der Waals surface area (Å²) < 4.78 is 0. The number of rotatable bonds is 3. The van der Waals surface area contributed by atoms with E-state index in [9.17, 15) is 0 Å². The molecule has 0 N–H and O–H groups in total. The predicted molar refractivity (Wildman–Crippen MR) is 62.2 cm³/mol. The molecule has 1 nitrogen and oxygen atoms in total. The zero-order chi connectivity index (χ0) is 9.80. The van der Waals surface area contributed by atoms with Gasteiger partial charge in [-0.05, 0) is 18.8 Å². The average Bonchev–Trinajstić information content (AvgIpc) is 2.74. The van der Waals surface area contributed by atoms with Crippen molar-refractivity contribution in [3.63, 3.8) is 0 Å². The molecule has 2 rings (SSSR count). The summed E-state index contributed by atoms with van der Waals surface area (Å²) in [6.45, 7) is 0. The lowest BCUT2D eigenvalue weighted by Crippen LogP contribution is -2.17. The van der Waals surface area contributed by atoms with Gasteiger partial charge in [0.05, 0.1) is 5.01 Å². The molecule has 1 heterocycles. The van der Waals surface area contributed by atoms with Crippen LogP contribution in [0.25, 0.3) is 0 Å². The van der Waals surface area contributed by atoms with Crippen LogP contribution in [-0.4, -0.2) is 10.9 Å². The quantitative estimate of drug-likeness (QED) is 0.713. The van der Waals surface area contributed by atoms with Gasteiger partial charge in [-0.1, -0.05) is 19.3 Å². The van der Waals surface area contributed by atoms with Gasteiger partial charge in [0.25, 0.3) is 0 Å². The Bertz CT molecular complexity index is 254. The summed E-state index contributed by atoms with van der Waals surface area (Å²) in [7, 11) is 0. The monoisotopic (exact) mass is 229 g/mol.